The van der Waals surface area contributed by atoms with Crippen LogP contribution in [0.15, 0.2) is 16.8 Å². The van der Waals surface area contributed by atoms with Gasteiger partial charge in [0, 0.05) is 12.0 Å². The molecule has 5 aliphatic rings. The van der Waals surface area contributed by atoms with Gasteiger partial charge in [-0.05, 0) is 106 Å². The molecule has 0 aromatic rings. The average molecular weight is 575 g/mol. The summed E-state index contributed by atoms with van der Waals surface area (Å²) < 4.78 is 0. The zero-order chi connectivity index (χ0) is 29.6. The van der Waals surface area contributed by atoms with E-state index < -0.39 is 35.5 Å². The van der Waals surface area contributed by atoms with Crippen LogP contribution >= 0.6 is 0 Å². The van der Waals surface area contributed by atoms with Gasteiger partial charge in [0.25, 0.3) is 5.91 Å². The molecule has 5 aliphatic carbocycles. The Morgan fingerprint density at radius 2 is 1.80 bits per heavy atom. The lowest BCUT2D eigenvalue weighted by molar-refractivity contribution is -0.181. The Labute approximate surface area is 241 Å². The number of allylic oxidation sites excluding steroid dienone is 2. The molecule has 0 heterocycles. The topological polar surface area (TPSA) is 166 Å². The maximum absolute atomic E-state index is 12.6. The molecule has 5 N–H and O–H groups in total. The molecule has 0 aliphatic heterocycles. The van der Waals surface area contributed by atoms with Crippen molar-refractivity contribution in [1.29, 1.82) is 0 Å². The molecule has 5 rings (SSSR count). The van der Waals surface area contributed by atoms with Gasteiger partial charge in [-0.2, -0.15) is 0 Å². The van der Waals surface area contributed by atoms with Gasteiger partial charge in [-0.3, -0.25) is 14.4 Å². The second-order valence-corrected chi connectivity index (χ2v) is 13.8. The van der Waals surface area contributed by atoms with Crippen LogP contribution < -0.4 is 5.32 Å². The highest BCUT2D eigenvalue weighted by atomic mass is 16.6. The van der Waals surface area contributed by atoms with E-state index in [1.54, 1.807) is 0 Å². The number of carboxylic acid groups (broad SMARTS) is 1. The van der Waals surface area contributed by atoms with Gasteiger partial charge < -0.3 is 30.6 Å². The van der Waals surface area contributed by atoms with E-state index in [1.807, 2.05) is 6.92 Å². The zero-order valence-electron chi connectivity index (χ0n) is 24.3. The van der Waals surface area contributed by atoms with Crippen LogP contribution in [0.3, 0.4) is 0 Å². The molecule has 4 saturated carbocycles. The molecule has 0 saturated heterocycles. The fraction of sp³-hybridized carbons (Fsp3) is 0.806. The van der Waals surface area contributed by atoms with Crippen molar-refractivity contribution in [3.63, 3.8) is 0 Å². The summed E-state index contributed by atoms with van der Waals surface area (Å²) >= 11 is 0. The van der Waals surface area contributed by atoms with Crippen LogP contribution in [-0.4, -0.2) is 75.3 Å². The lowest BCUT2D eigenvalue weighted by Crippen LogP contribution is -2.62. The van der Waals surface area contributed by atoms with Crippen LogP contribution in [0.1, 0.15) is 84.5 Å². The van der Waals surface area contributed by atoms with Gasteiger partial charge in [-0.15, -0.1) is 0 Å². The Morgan fingerprint density at radius 3 is 2.49 bits per heavy atom. The number of nitrogens with zero attached hydrogens (tertiary/aromatic N) is 1. The zero-order valence-corrected chi connectivity index (χ0v) is 24.3. The van der Waals surface area contributed by atoms with Crippen LogP contribution in [0, 0.1) is 40.4 Å². The highest BCUT2D eigenvalue weighted by Gasteiger charge is 2.68. The second-order valence-electron chi connectivity index (χ2n) is 13.8. The van der Waals surface area contributed by atoms with E-state index in [2.05, 4.69) is 23.5 Å². The number of rotatable bonds is 8. The van der Waals surface area contributed by atoms with Crippen molar-refractivity contribution in [1.82, 2.24) is 5.32 Å². The largest absolute Gasteiger partial charge is 0.481 e. The van der Waals surface area contributed by atoms with Crippen LogP contribution in [0.4, 0.5) is 0 Å². The molecule has 228 valence electrons. The summed E-state index contributed by atoms with van der Waals surface area (Å²) in [5, 5.41) is 48.7. The highest BCUT2D eigenvalue weighted by molar-refractivity contribution is 5.96. The molecule has 0 spiro atoms. The Morgan fingerprint density at radius 1 is 1.07 bits per heavy atom. The molecule has 10 nitrogen and oxygen atoms in total. The summed E-state index contributed by atoms with van der Waals surface area (Å²) in [6, 6.07) is 0. The lowest BCUT2D eigenvalue weighted by Gasteiger charge is -2.60. The van der Waals surface area contributed by atoms with E-state index in [4.69, 9.17) is 9.94 Å². The number of aliphatic hydroxyl groups excluding tert-OH is 2. The first kappa shape index (κ1) is 30.2. The van der Waals surface area contributed by atoms with Gasteiger partial charge in [0.15, 0.2) is 12.4 Å². The number of aliphatic hydroxyl groups is 3. The van der Waals surface area contributed by atoms with Crippen molar-refractivity contribution in [3.8, 4) is 0 Å². The Bertz CT molecular complexity index is 1110. The first-order chi connectivity index (χ1) is 19.4. The highest BCUT2D eigenvalue weighted by Crippen LogP contribution is 2.67. The van der Waals surface area contributed by atoms with Crippen LogP contribution in [0.2, 0.25) is 0 Å². The summed E-state index contributed by atoms with van der Waals surface area (Å²) in [5.74, 6) is -1.18. The van der Waals surface area contributed by atoms with Gasteiger partial charge in [0.05, 0.1) is 17.7 Å². The van der Waals surface area contributed by atoms with Crippen molar-refractivity contribution in [3.05, 3.63) is 11.6 Å². The monoisotopic (exact) mass is 574 g/mol. The van der Waals surface area contributed by atoms with E-state index in [-0.39, 0.29) is 47.5 Å². The minimum Gasteiger partial charge on any atom is -0.481 e. The number of fused-ring (bicyclic) bond motifs is 5. The van der Waals surface area contributed by atoms with Crippen LogP contribution in [-0.2, 0) is 19.2 Å². The molecule has 4 fully saturated rings. The fourth-order valence-electron chi connectivity index (χ4n) is 9.46. The molecule has 7 atom stereocenters. The van der Waals surface area contributed by atoms with E-state index in [9.17, 15) is 29.7 Å². The number of oxime groups is 1. The molecule has 0 aromatic carbocycles. The standard InChI is InChI=1S/C31H46N2O8/c1-29-11-9-21(33-41-17-26(37)32-15-18-3-5-19(6-4-18)28(38)39)13-20(29)7-8-22-23-10-12-31(40,25(36)16-34)30(23,2)14-24(35)27(22)29/h13,18-19,22-24,27,34-35,40H,3-12,14-17H2,1-2H3,(H,32,37)(H,38,39). The first-order valence-electron chi connectivity index (χ1n) is 15.4. The van der Waals surface area contributed by atoms with E-state index in [0.29, 0.717) is 45.1 Å². The van der Waals surface area contributed by atoms with E-state index in [1.165, 1.54) is 5.57 Å². The minimum atomic E-state index is -1.59. The second kappa shape index (κ2) is 11.4. The molecule has 1 amide bonds. The van der Waals surface area contributed by atoms with Crippen molar-refractivity contribution < 1.29 is 39.6 Å². The molecule has 41 heavy (non-hydrogen) atoms. The molecule has 10 heteroatoms. The minimum absolute atomic E-state index is 0.0194. The first-order valence-corrected chi connectivity index (χ1v) is 15.4. The van der Waals surface area contributed by atoms with Crippen molar-refractivity contribution in [2.24, 2.45) is 45.6 Å². The van der Waals surface area contributed by atoms with E-state index >= 15 is 0 Å². The van der Waals surface area contributed by atoms with Crippen molar-refractivity contribution in [2.75, 3.05) is 19.8 Å². The number of Topliss-reactive ketones (excluding diaryl/α,β-unsaturated/α-hetero) is 1. The maximum atomic E-state index is 12.6. The predicted octanol–water partition coefficient (Wildman–Crippen LogP) is 2.59. The molecular formula is C31H46N2O8. The summed E-state index contributed by atoms with van der Waals surface area (Å²) in [4.78, 5) is 41.4. The number of hydrogen-bond acceptors (Lipinski definition) is 8. The Balaban J connectivity index is 1.17. The number of carbonyl (C=O) groups excluding carboxylic acids is 2. The fourth-order valence-corrected chi connectivity index (χ4v) is 9.46. The van der Waals surface area contributed by atoms with Gasteiger partial charge in [-0.1, -0.05) is 24.6 Å². The van der Waals surface area contributed by atoms with Gasteiger partial charge in [0.1, 0.15) is 12.2 Å². The number of carboxylic acids is 1. The normalized spacial score (nSPS) is 42.9. The third-order valence-electron chi connectivity index (χ3n) is 11.8. The maximum Gasteiger partial charge on any atom is 0.306 e. The average Bonchev–Trinajstić information content (AvgIpc) is 3.22. The van der Waals surface area contributed by atoms with Crippen molar-refractivity contribution in [2.45, 2.75) is 96.2 Å². The summed E-state index contributed by atoms with van der Waals surface area (Å²) in [6.07, 6.45) is 8.85. The van der Waals surface area contributed by atoms with Crippen LogP contribution in [0.25, 0.3) is 0 Å². The van der Waals surface area contributed by atoms with Gasteiger partial charge >= 0.3 is 5.97 Å². The molecule has 7 unspecified atom stereocenters. The molecule has 0 aromatic heterocycles. The SMILES string of the molecule is CC12CCC(=NOCC(=O)NCC3CCC(C(=O)O)CC3)C=C1CCC1C2C(O)CC2(C)C1CCC2(O)C(=O)CO. The number of aliphatic carboxylic acids is 1. The molecule has 0 bridgehead atoms. The quantitative estimate of drug-likeness (QED) is 0.276. The number of amides is 1. The predicted molar refractivity (Wildman–Crippen MR) is 150 cm³/mol. The van der Waals surface area contributed by atoms with E-state index in [0.717, 1.165) is 37.8 Å². The number of hydrogen-bond donors (Lipinski definition) is 5. The third kappa shape index (κ3) is 5.25. The lowest BCUT2D eigenvalue weighted by atomic mass is 9.45. The summed E-state index contributed by atoms with van der Waals surface area (Å²) in [7, 11) is 0. The van der Waals surface area contributed by atoms with Gasteiger partial charge in [0.2, 0.25) is 0 Å². The van der Waals surface area contributed by atoms with Gasteiger partial charge in [-0.25, -0.2) is 0 Å². The summed E-state index contributed by atoms with van der Waals surface area (Å²) in [5.41, 5.74) is -0.545. The number of nitrogens with one attached hydrogen (secondary N) is 1. The molecular weight excluding hydrogens is 528 g/mol. The van der Waals surface area contributed by atoms with Crippen LogP contribution in [0.5, 0.6) is 0 Å². The van der Waals surface area contributed by atoms with Crippen molar-refractivity contribution >= 4 is 23.4 Å². The molecule has 0 radical (unpaired) electrons. The summed E-state index contributed by atoms with van der Waals surface area (Å²) in [6.45, 7) is 3.80. The third-order valence-corrected chi connectivity index (χ3v) is 11.8. The number of ketones is 1. The Kier molecular flexibility index (Phi) is 8.40. The smallest absolute Gasteiger partial charge is 0.306 e. The number of carbonyl (C=O) groups is 3. The Hall–Kier alpha value is -2.30.